The van der Waals surface area contributed by atoms with Crippen LogP contribution in [0.3, 0.4) is 0 Å². The highest BCUT2D eigenvalue weighted by Crippen LogP contribution is 2.59. The SMILES string of the molecule is O=S(=O)(/N=C1\C(Cl)=C(Cl)C(Nc2ccccc2)(NS(=O)(=O)c2ccc(Cl)cc2)C(Cl)(Cl)C1(Cl)Cl)c1ccc(Cl)cc1. The lowest BCUT2D eigenvalue weighted by molar-refractivity contribution is 0.442. The first kappa shape index (κ1) is 33.0. The highest BCUT2D eigenvalue weighted by Gasteiger charge is 2.71. The molecule has 0 amide bonds. The summed E-state index contributed by atoms with van der Waals surface area (Å²) in [5.74, 6) is 0. The fraction of sp³-hybridized carbons (Fsp3) is 0.125. The van der Waals surface area contributed by atoms with E-state index in [1.54, 1.807) is 30.3 Å². The minimum Gasteiger partial charge on any atom is -0.359 e. The van der Waals surface area contributed by atoms with E-state index in [1.165, 1.54) is 48.5 Å². The van der Waals surface area contributed by atoms with E-state index in [-0.39, 0.29) is 25.5 Å². The molecule has 0 spiro atoms. The van der Waals surface area contributed by atoms with E-state index in [0.29, 0.717) is 0 Å². The van der Waals surface area contributed by atoms with Crippen molar-refractivity contribution in [2.24, 2.45) is 4.40 Å². The van der Waals surface area contributed by atoms with Crippen molar-refractivity contribution in [2.45, 2.75) is 24.1 Å². The summed E-state index contributed by atoms with van der Waals surface area (Å²) in [7, 11) is -9.08. The summed E-state index contributed by atoms with van der Waals surface area (Å²) in [6.07, 6.45) is 0. The van der Waals surface area contributed by atoms with Gasteiger partial charge in [-0.3, -0.25) is 0 Å². The van der Waals surface area contributed by atoms with Crippen LogP contribution in [0.2, 0.25) is 10.0 Å². The number of nitrogens with zero attached hydrogens (tertiary/aromatic N) is 1. The van der Waals surface area contributed by atoms with E-state index >= 15 is 0 Å². The van der Waals surface area contributed by atoms with Crippen LogP contribution in [0.25, 0.3) is 0 Å². The van der Waals surface area contributed by atoms with Crippen molar-refractivity contribution >= 4 is 124 Å². The summed E-state index contributed by atoms with van der Waals surface area (Å²) in [5.41, 5.74) is -3.01. The Kier molecular flexibility index (Phi) is 9.53. The van der Waals surface area contributed by atoms with Crippen LogP contribution < -0.4 is 10.0 Å². The Morgan fingerprint density at radius 2 is 1.15 bits per heavy atom. The van der Waals surface area contributed by atoms with Crippen molar-refractivity contribution in [1.29, 1.82) is 0 Å². The Hall–Kier alpha value is -0.950. The van der Waals surface area contributed by atoms with Gasteiger partial charge in [0.2, 0.25) is 10.0 Å². The van der Waals surface area contributed by atoms with Crippen LogP contribution in [0.15, 0.2) is 103 Å². The second-order valence-corrected chi connectivity index (χ2v) is 16.0. The van der Waals surface area contributed by atoms with Crippen molar-refractivity contribution in [3.63, 3.8) is 0 Å². The predicted molar refractivity (Wildman–Crippen MR) is 168 cm³/mol. The van der Waals surface area contributed by atoms with E-state index in [2.05, 4.69) is 14.4 Å². The van der Waals surface area contributed by atoms with Crippen LogP contribution >= 0.6 is 92.8 Å². The molecule has 1 aliphatic rings. The van der Waals surface area contributed by atoms with E-state index < -0.39 is 50.2 Å². The molecule has 0 heterocycles. The van der Waals surface area contributed by atoms with Gasteiger partial charge in [0.25, 0.3) is 10.0 Å². The Bertz CT molecular complexity index is 1750. The molecule has 0 aromatic heterocycles. The van der Waals surface area contributed by atoms with E-state index in [4.69, 9.17) is 92.8 Å². The van der Waals surface area contributed by atoms with Crippen molar-refractivity contribution in [2.75, 3.05) is 5.32 Å². The first-order valence-corrected chi connectivity index (χ1v) is 16.9. The van der Waals surface area contributed by atoms with Crippen LogP contribution in [0.5, 0.6) is 0 Å². The molecule has 2 N–H and O–H groups in total. The van der Waals surface area contributed by atoms with Gasteiger partial charge in [-0.1, -0.05) is 111 Å². The van der Waals surface area contributed by atoms with Crippen LogP contribution in [0.4, 0.5) is 5.69 Å². The summed E-state index contributed by atoms with van der Waals surface area (Å²) in [4.78, 5) is -0.558. The highest BCUT2D eigenvalue weighted by molar-refractivity contribution is 7.90. The minimum atomic E-state index is -4.54. The van der Waals surface area contributed by atoms with Crippen molar-refractivity contribution in [3.05, 3.63) is 99.0 Å². The summed E-state index contributed by atoms with van der Waals surface area (Å²) < 4.78 is 54.2. The van der Waals surface area contributed by atoms with Gasteiger partial charge in [-0.25, -0.2) is 8.42 Å². The molecule has 0 bridgehead atoms. The highest BCUT2D eigenvalue weighted by atomic mass is 35.5. The minimum absolute atomic E-state index is 0.248. The molecule has 4 rings (SSSR count). The molecule has 0 aliphatic heterocycles. The zero-order chi connectivity index (χ0) is 30.4. The van der Waals surface area contributed by atoms with Gasteiger partial charge >= 0.3 is 0 Å². The number of hydrogen-bond donors (Lipinski definition) is 2. The van der Waals surface area contributed by atoms with Gasteiger partial charge in [-0.15, -0.1) is 0 Å². The number of benzene rings is 3. The number of para-hydroxylation sites is 1. The zero-order valence-electron chi connectivity index (χ0n) is 19.9. The van der Waals surface area contributed by atoms with Crippen LogP contribution in [0.1, 0.15) is 0 Å². The third kappa shape index (κ3) is 6.19. The third-order valence-corrected chi connectivity index (χ3v) is 12.4. The lowest BCUT2D eigenvalue weighted by atomic mass is 9.91. The van der Waals surface area contributed by atoms with Gasteiger partial charge < -0.3 is 5.32 Å². The van der Waals surface area contributed by atoms with Crippen molar-refractivity contribution < 1.29 is 16.8 Å². The van der Waals surface area contributed by atoms with Gasteiger partial charge in [-0.2, -0.15) is 17.5 Å². The van der Waals surface area contributed by atoms with Gasteiger partial charge in [0.05, 0.1) is 19.9 Å². The van der Waals surface area contributed by atoms with Crippen molar-refractivity contribution in [1.82, 2.24) is 4.72 Å². The molecule has 0 saturated heterocycles. The fourth-order valence-electron chi connectivity index (χ4n) is 3.69. The number of anilines is 1. The normalized spacial score (nSPS) is 21.6. The standard InChI is InChI=1S/C24H15Cl8N3O4S2/c25-14-6-10-17(11-7-14)40(36,37)34-21-19(27)20(28)23(24(31,32)22(21,29)30,33-16-4-2-1-3-5-16)35-41(38,39)18-12-8-15(26)9-13-18/h1-13,33,35H/b34-21+. The number of hydrogen-bond acceptors (Lipinski definition) is 5. The van der Waals surface area contributed by atoms with Crippen LogP contribution in [0, 0.1) is 0 Å². The monoisotopic (exact) mass is 753 g/mol. The van der Waals surface area contributed by atoms with E-state index in [9.17, 15) is 16.8 Å². The molecule has 0 fully saturated rings. The topological polar surface area (TPSA) is 105 Å². The maximum absolute atomic E-state index is 13.6. The van der Waals surface area contributed by atoms with E-state index in [0.717, 1.165) is 0 Å². The predicted octanol–water partition coefficient (Wildman–Crippen LogP) is 7.96. The molecule has 0 saturated carbocycles. The number of sulfonamides is 2. The third-order valence-electron chi connectivity index (χ3n) is 5.73. The molecule has 218 valence electrons. The second kappa shape index (κ2) is 11.9. The fourth-order valence-corrected chi connectivity index (χ4v) is 8.59. The van der Waals surface area contributed by atoms with Crippen LogP contribution in [-0.2, 0) is 20.0 Å². The quantitative estimate of drug-likeness (QED) is 0.188. The molecule has 3 aromatic rings. The zero-order valence-corrected chi connectivity index (χ0v) is 27.6. The summed E-state index contributed by atoms with van der Waals surface area (Å²) in [6, 6.07) is 18.1. The molecule has 17 heteroatoms. The number of halogens is 8. The molecule has 41 heavy (non-hydrogen) atoms. The number of nitrogens with one attached hydrogen (secondary N) is 2. The molecular weight excluding hydrogens is 742 g/mol. The van der Waals surface area contributed by atoms with Crippen molar-refractivity contribution in [3.8, 4) is 0 Å². The Morgan fingerprint density at radius 3 is 1.66 bits per heavy atom. The first-order chi connectivity index (χ1) is 18.9. The molecule has 1 unspecified atom stereocenters. The average molecular weight is 757 g/mol. The number of allylic oxidation sites excluding steroid dienone is 1. The Morgan fingerprint density at radius 1 is 0.659 bits per heavy atom. The van der Waals surface area contributed by atoms with E-state index in [1.807, 2.05) is 0 Å². The Balaban J connectivity index is 1.98. The molecule has 1 aliphatic carbocycles. The van der Waals surface area contributed by atoms with Gasteiger partial charge in [-0.05, 0) is 60.7 Å². The Labute approximate surface area is 276 Å². The molecule has 1 atom stereocenters. The second-order valence-electron chi connectivity index (χ2n) is 8.45. The maximum Gasteiger partial charge on any atom is 0.282 e. The molecule has 3 aromatic carbocycles. The maximum atomic E-state index is 13.6. The molecule has 0 radical (unpaired) electrons. The lowest BCUT2D eigenvalue weighted by Gasteiger charge is -2.51. The average Bonchev–Trinajstić information content (AvgIpc) is 2.90. The van der Waals surface area contributed by atoms with Crippen LogP contribution in [-0.4, -0.2) is 36.9 Å². The van der Waals surface area contributed by atoms with Gasteiger partial charge in [0.1, 0.15) is 5.71 Å². The van der Waals surface area contributed by atoms with Gasteiger partial charge in [0, 0.05) is 15.7 Å². The lowest BCUT2D eigenvalue weighted by Crippen LogP contribution is -2.73. The smallest absolute Gasteiger partial charge is 0.282 e. The summed E-state index contributed by atoms with van der Waals surface area (Å²) in [6.45, 7) is 0. The first-order valence-electron chi connectivity index (χ1n) is 11.0. The molecule has 7 nitrogen and oxygen atoms in total. The number of rotatable bonds is 7. The number of alkyl halides is 4. The molecular formula is C24H15Cl8N3O4S2. The summed E-state index contributed by atoms with van der Waals surface area (Å²) in [5, 5.41) is 2.11. The largest absolute Gasteiger partial charge is 0.359 e. The van der Waals surface area contributed by atoms with Gasteiger partial charge in [0.15, 0.2) is 14.3 Å². The summed E-state index contributed by atoms with van der Waals surface area (Å²) >= 11 is 52.0.